The lowest BCUT2D eigenvalue weighted by molar-refractivity contribution is 0.603. The molecule has 0 saturated heterocycles. The van der Waals surface area contributed by atoms with Gasteiger partial charge in [0.2, 0.25) is 0 Å². The Morgan fingerprint density at radius 2 is 1.96 bits per heavy atom. The number of halogens is 3. The Morgan fingerprint density at radius 1 is 1.19 bits per heavy atom. The van der Waals surface area contributed by atoms with Crippen molar-refractivity contribution in [3.8, 4) is 0 Å². The van der Waals surface area contributed by atoms with Gasteiger partial charge in [0.1, 0.15) is 28.7 Å². The van der Waals surface area contributed by atoms with Crippen LogP contribution in [-0.2, 0) is 6.42 Å². The molecule has 0 saturated carbocycles. The Hall–Kier alpha value is -2.95. The quantitative estimate of drug-likeness (QED) is 0.532. The third kappa shape index (κ3) is 3.38. The molecule has 0 amide bonds. The lowest BCUT2D eigenvalue weighted by Gasteiger charge is -2.09. The molecular formula is C21H17F3N2. The minimum Gasteiger partial charge on any atom is -0.261 e. The van der Waals surface area contributed by atoms with Crippen LogP contribution in [0.25, 0.3) is 17.0 Å². The second-order valence-corrected chi connectivity index (χ2v) is 6.24. The van der Waals surface area contributed by atoms with Crippen molar-refractivity contribution in [3.63, 3.8) is 0 Å². The second kappa shape index (κ2) is 7.12. The molecule has 0 radical (unpaired) electrons. The smallest absolute Gasteiger partial charge is 0.149 e. The molecule has 1 aromatic heterocycles. The highest BCUT2D eigenvalue weighted by atomic mass is 19.1. The van der Waals surface area contributed by atoms with Crippen LogP contribution in [0.2, 0.25) is 0 Å². The summed E-state index contributed by atoms with van der Waals surface area (Å²) in [5, 5.41) is 0.144. The molecule has 2 nitrogen and oxygen atoms in total. The maximum Gasteiger partial charge on any atom is 0.149 e. The number of rotatable bonds is 4. The van der Waals surface area contributed by atoms with Gasteiger partial charge in [-0.3, -0.25) is 9.98 Å². The van der Waals surface area contributed by atoms with E-state index in [0.29, 0.717) is 5.56 Å². The van der Waals surface area contributed by atoms with Gasteiger partial charge >= 0.3 is 0 Å². The molecule has 0 aliphatic carbocycles. The monoisotopic (exact) mass is 354 g/mol. The summed E-state index contributed by atoms with van der Waals surface area (Å²) in [5.41, 5.74) is 2.40. The van der Waals surface area contributed by atoms with Gasteiger partial charge in [-0.15, -0.1) is 0 Å². The van der Waals surface area contributed by atoms with Gasteiger partial charge in [-0.05, 0) is 68.4 Å². The molecule has 26 heavy (non-hydrogen) atoms. The van der Waals surface area contributed by atoms with E-state index < -0.39 is 17.5 Å². The average Bonchev–Trinajstić information content (AvgIpc) is 2.59. The fourth-order valence-electron chi connectivity index (χ4n) is 3.01. The van der Waals surface area contributed by atoms with Crippen molar-refractivity contribution in [2.24, 2.45) is 4.99 Å². The molecule has 0 aliphatic heterocycles. The van der Waals surface area contributed by atoms with E-state index in [0.717, 1.165) is 17.2 Å². The van der Waals surface area contributed by atoms with Crippen LogP contribution in [0.3, 0.4) is 0 Å². The van der Waals surface area contributed by atoms with Crippen LogP contribution in [0.15, 0.2) is 47.1 Å². The first-order chi connectivity index (χ1) is 12.4. The Balaban J connectivity index is 2.02. The number of aromatic nitrogens is 1. The fourth-order valence-corrected chi connectivity index (χ4v) is 3.01. The van der Waals surface area contributed by atoms with Crippen LogP contribution in [0.4, 0.5) is 18.9 Å². The highest BCUT2D eigenvalue weighted by Gasteiger charge is 2.14. The molecule has 0 aliphatic rings. The summed E-state index contributed by atoms with van der Waals surface area (Å²) in [6, 6.07) is 7.37. The summed E-state index contributed by atoms with van der Waals surface area (Å²) < 4.78 is 42.9. The predicted molar refractivity (Wildman–Crippen MR) is 99.4 cm³/mol. The largest absolute Gasteiger partial charge is 0.261 e. The lowest BCUT2D eigenvalue weighted by atomic mass is 9.99. The van der Waals surface area contributed by atoms with E-state index in [1.54, 1.807) is 32.1 Å². The van der Waals surface area contributed by atoms with Crippen molar-refractivity contribution in [1.82, 2.24) is 4.98 Å². The minimum absolute atomic E-state index is 0.00859. The van der Waals surface area contributed by atoms with Gasteiger partial charge in [0.05, 0.1) is 0 Å². The number of hydrogen-bond donors (Lipinski definition) is 0. The molecule has 0 spiro atoms. The number of aryl methyl sites for hydroxylation is 1. The van der Waals surface area contributed by atoms with Gasteiger partial charge in [0.25, 0.3) is 0 Å². The van der Waals surface area contributed by atoms with Crippen molar-refractivity contribution in [2.45, 2.75) is 20.3 Å². The van der Waals surface area contributed by atoms with Gasteiger partial charge in [-0.1, -0.05) is 11.6 Å². The summed E-state index contributed by atoms with van der Waals surface area (Å²) in [7, 11) is 0. The highest BCUT2D eigenvalue weighted by molar-refractivity contribution is 5.80. The first-order valence-corrected chi connectivity index (χ1v) is 8.06. The zero-order valence-corrected chi connectivity index (χ0v) is 14.5. The molecule has 2 aromatic carbocycles. The van der Waals surface area contributed by atoms with Gasteiger partial charge in [0.15, 0.2) is 0 Å². The van der Waals surface area contributed by atoms with Crippen LogP contribution >= 0.6 is 0 Å². The van der Waals surface area contributed by atoms with Crippen molar-refractivity contribution in [2.75, 3.05) is 0 Å². The fraction of sp³-hybridized carbons (Fsp3) is 0.143. The minimum atomic E-state index is -0.570. The number of nitrogens with zero attached hydrogens (tertiary/aromatic N) is 2. The zero-order valence-electron chi connectivity index (χ0n) is 14.5. The van der Waals surface area contributed by atoms with Crippen LogP contribution in [0.1, 0.15) is 23.6 Å². The molecule has 5 heteroatoms. The summed E-state index contributed by atoms with van der Waals surface area (Å²) in [4.78, 5) is 7.61. The van der Waals surface area contributed by atoms with Gasteiger partial charge in [0, 0.05) is 17.1 Å². The van der Waals surface area contributed by atoms with E-state index in [2.05, 4.69) is 16.7 Å². The summed E-state index contributed by atoms with van der Waals surface area (Å²) in [6.45, 7) is 6.94. The number of hydrogen-bond acceptors (Lipinski definition) is 2. The van der Waals surface area contributed by atoms with Crippen LogP contribution in [0, 0.1) is 24.4 Å². The molecule has 3 rings (SSSR count). The summed E-state index contributed by atoms with van der Waals surface area (Å²) >= 11 is 0. The SMILES string of the molecule is C=Nc1c(F)cc(C)cc1/C=C(\C)Cc1cc(F)c2ncccc2c1F. The molecule has 0 unspecified atom stereocenters. The number of pyridine rings is 1. The summed E-state index contributed by atoms with van der Waals surface area (Å²) in [5.74, 6) is -1.53. The number of fused-ring (bicyclic) bond motifs is 1. The van der Waals surface area contributed by atoms with Gasteiger partial charge < -0.3 is 0 Å². The molecule has 0 N–H and O–H groups in total. The summed E-state index contributed by atoms with van der Waals surface area (Å²) in [6.07, 6.45) is 3.32. The number of allylic oxidation sites excluding steroid dienone is 1. The maximum atomic E-state index is 14.7. The van der Waals surface area contributed by atoms with Crippen molar-refractivity contribution in [1.29, 1.82) is 0 Å². The highest BCUT2D eigenvalue weighted by Crippen LogP contribution is 2.29. The average molecular weight is 354 g/mol. The van der Waals surface area contributed by atoms with Crippen molar-refractivity contribution >= 4 is 29.4 Å². The Labute approximate surface area is 149 Å². The lowest BCUT2D eigenvalue weighted by Crippen LogP contribution is -1.97. The van der Waals surface area contributed by atoms with Crippen LogP contribution in [-0.4, -0.2) is 11.7 Å². The molecule has 132 valence electrons. The van der Waals surface area contributed by atoms with Crippen LogP contribution in [0.5, 0.6) is 0 Å². The standard InChI is InChI=1S/C21H17F3N2/c1-12(8-15-9-13(2)10-17(22)20(15)25-3)7-14-11-18(23)21-16(19(14)24)5-4-6-26-21/h4-6,8-11H,3,7H2,1-2H3/b12-8+. The number of aliphatic imine (C=N–C) groups is 1. The molecule has 0 atom stereocenters. The van der Waals surface area contributed by atoms with E-state index >= 15 is 0 Å². The van der Waals surface area contributed by atoms with Crippen molar-refractivity contribution in [3.05, 3.63) is 76.2 Å². The molecule has 1 heterocycles. The topological polar surface area (TPSA) is 25.2 Å². The van der Waals surface area contributed by atoms with Crippen LogP contribution < -0.4 is 0 Å². The molecule has 0 bridgehead atoms. The van der Waals surface area contributed by atoms with E-state index in [1.165, 1.54) is 18.3 Å². The van der Waals surface area contributed by atoms with E-state index in [-0.39, 0.29) is 28.6 Å². The number of benzene rings is 2. The van der Waals surface area contributed by atoms with E-state index in [9.17, 15) is 13.2 Å². The Kier molecular flexibility index (Phi) is 4.89. The second-order valence-electron chi connectivity index (χ2n) is 6.24. The normalized spacial score (nSPS) is 11.8. The Morgan fingerprint density at radius 3 is 2.69 bits per heavy atom. The molecule has 0 fully saturated rings. The third-order valence-corrected chi connectivity index (χ3v) is 4.12. The van der Waals surface area contributed by atoms with Gasteiger partial charge in [-0.2, -0.15) is 0 Å². The zero-order chi connectivity index (χ0) is 18.8. The van der Waals surface area contributed by atoms with E-state index in [4.69, 9.17) is 0 Å². The first kappa shape index (κ1) is 17.9. The third-order valence-electron chi connectivity index (χ3n) is 4.12. The van der Waals surface area contributed by atoms with Crippen molar-refractivity contribution < 1.29 is 13.2 Å². The Bertz CT molecular complexity index is 1040. The maximum absolute atomic E-state index is 14.7. The molecular weight excluding hydrogens is 337 g/mol. The van der Waals surface area contributed by atoms with Gasteiger partial charge in [-0.25, -0.2) is 13.2 Å². The van der Waals surface area contributed by atoms with E-state index in [1.807, 2.05) is 0 Å². The predicted octanol–water partition coefficient (Wildman–Crippen LogP) is 5.94. The molecule has 3 aromatic rings. The first-order valence-electron chi connectivity index (χ1n) is 8.06.